The van der Waals surface area contributed by atoms with Gasteiger partial charge in [0.2, 0.25) is 5.88 Å². The molecule has 0 saturated carbocycles. The van der Waals surface area contributed by atoms with E-state index in [1.54, 1.807) is 25.9 Å². The quantitative estimate of drug-likeness (QED) is 0.837. The van der Waals surface area contributed by atoms with Gasteiger partial charge in [-0.05, 0) is 20.1 Å². The van der Waals surface area contributed by atoms with E-state index >= 15 is 0 Å². The number of aromatic nitrogens is 2. The molecule has 1 aromatic rings. The average Bonchev–Trinajstić information content (AvgIpc) is 2.32. The molecule has 1 amide bonds. The summed E-state index contributed by atoms with van der Waals surface area (Å²) in [7, 11) is 3.28. The molecule has 100 valence electrons. The van der Waals surface area contributed by atoms with Crippen LogP contribution < -0.4 is 4.74 Å². The van der Waals surface area contributed by atoms with Crippen molar-refractivity contribution in [2.24, 2.45) is 0 Å². The van der Waals surface area contributed by atoms with Gasteiger partial charge in [0.25, 0.3) is 0 Å². The van der Waals surface area contributed by atoms with Gasteiger partial charge in [-0.2, -0.15) is 16.7 Å². The van der Waals surface area contributed by atoms with Gasteiger partial charge in [-0.1, -0.05) is 0 Å². The highest BCUT2D eigenvalue weighted by atomic mass is 32.2. The molecule has 1 aromatic heterocycles. The second-order valence-corrected chi connectivity index (χ2v) is 5.15. The summed E-state index contributed by atoms with van der Waals surface area (Å²) in [6.07, 6.45) is 2.38. The number of ether oxygens (including phenoxy) is 1. The van der Waals surface area contributed by atoms with E-state index in [0.29, 0.717) is 11.7 Å². The standard InChI is InChI=1S/C12H19N3O2S/c1-8-9(2)13-10(6-7-18-5)14-11(8)17-12(16)15(3)4/h6-7H2,1-5H3. The lowest BCUT2D eigenvalue weighted by Crippen LogP contribution is -2.26. The Balaban J connectivity index is 2.95. The molecule has 0 aliphatic rings. The Kier molecular flexibility index (Phi) is 5.40. The first-order valence-electron chi connectivity index (χ1n) is 5.68. The van der Waals surface area contributed by atoms with Crippen LogP contribution in [0.2, 0.25) is 0 Å². The summed E-state index contributed by atoms with van der Waals surface area (Å²) in [4.78, 5) is 21.6. The van der Waals surface area contributed by atoms with Crippen molar-refractivity contribution in [3.05, 3.63) is 17.1 Å². The van der Waals surface area contributed by atoms with Crippen LogP contribution in [0.25, 0.3) is 0 Å². The minimum absolute atomic E-state index is 0.359. The van der Waals surface area contributed by atoms with Crippen LogP contribution in [0.1, 0.15) is 17.1 Å². The van der Waals surface area contributed by atoms with Crippen LogP contribution in [-0.2, 0) is 6.42 Å². The fourth-order valence-electron chi connectivity index (χ4n) is 1.24. The Hall–Kier alpha value is -1.30. The molecule has 1 heterocycles. The van der Waals surface area contributed by atoms with Crippen molar-refractivity contribution in [1.29, 1.82) is 0 Å². The lowest BCUT2D eigenvalue weighted by molar-refractivity contribution is 0.169. The number of amides is 1. The lowest BCUT2D eigenvalue weighted by Gasteiger charge is -2.13. The summed E-state index contributed by atoms with van der Waals surface area (Å²) in [5.41, 5.74) is 1.65. The molecule has 1 rings (SSSR count). The first kappa shape index (κ1) is 14.8. The third kappa shape index (κ3) is 3.87. The van der Waals surface area contributed by atoms with Gasteiger partial charge in [0.05, 0.1) is 0 Å². The van der Waals surface area contributed by atoms with Gasteiger partial charge in [-0.3, -0.25) is 0 Å². The maximum absolute atomic E-state index is 11.5. The number of carbonyl (C=O) groups is 1. The molecule has 0 aliphatic heterocycles. The predicted molar refractivity (Wildman–Crippen MR) is 73.3 cm³/mol. The number of aryl methyl sites for hydroxylation is 2. The molecule has 0 radical (unpaired) electrons. The van der Waals surface area contributed by atoms with Gasteiger partial charge in [0, 0.05) is 37.5 Å². The molecule has 0 unspecified atom stereocenters. The van der Waals surface area contributed by atoms with Gasteiger partial charge in [0.15, 0.2) is 0 Å². The van der Waals surface area contributed by atoms with Crippen LogP contribution >= 0.6 is 11.8 Å². The smallest absolute Gasteiger partial charge is 0.391 e. The number of nitrogens with zero attached hydrogens (tertiary/aromatic N) is 3. The molecule has 0 fully saturated rings. The van der Waals surface area contributed by atoms with Gasteiger partial charge >= 0.3 is 6.09 Å². The Morgan fingerprint density at radius 1 is 1.33 bits per heavy atom. The molecule has 0 saturated heterocycles. The molecule has 0 aliphatic carbocycles. The molecular weight excluding hydrogens is 250 g/mol. The number of thioether (sulfide) groups is 1. The zero-order chi connectivity index (χ0) is 13.7. The van der Waals surface area contributed by atoms with Crippen molar-refractivity contribution >= 4 is 17.9 Å². The van der Waals surface area contributed by atoms with Crippen LogP contribution in [0.5, 0.6) is 5.88 Å². The van der Waals surface area contributed by atoms with E-state index in [-0.39, 0.29) is 0 Å². The summed E-state index contributed by atoms with van der Waals surface area (Å²) in [6, 6.07) is 0. The Morgan fingerprint density at radius 2 is 2.00 bits per heavy atom. The molecule has 0 atom stereocenters. The van der Waals surface area contributed by atoms with Crippen LogP contribution in [-0.4, -0.2) is 47.1 Å². The Morgan fingerprint density at radius 3 is 2.56 bits per heavy atom. The topological polar surface area (TPSA) is 55.3 Å². The first-order chi connectivity index (χ1) is 8.45. The molecule has 6 heteroatoms. The SMILES string of the molecule is CSCCc1nc(C)c(C)c(OC(=O)N(C)C)n1. The number of carbonyl (C=O) groups excluding carboxylic acids is 1. The third-order valence-corrected chi connectivity index (χ3v) is 3.08. The summed E-state index contributed by atoms with van der Waals surface area (Å²) in [5.74, 6) is 2.02. The number of rotatable bonds is 4. The fraction of sp³-hybridized carbons (Fsp3) is 0.583. The highest BCUT2D eigenvalue weighted by molar-refractivity contribution is 7.98. The normalized spacial score (nSPS) is 10.3. The van der Waals surface area contributed by atoms with E-state index in [2.05, 4.69) is 9.97 Å². The number of hydrogen-bond donors (Lipinski definition) is 0. The van der Waals surface area contributed by atoms with E-state index < -0.39 is 6.09 Å². The van der Waals surface area contributed by atoms with Gasteiger partial charge in [-0.15, -0.1) is 0 Å². The molecule has 0 aromatic carbocycles. The molecule has 18 heavy (non-hydrogen) atoms. The van der Waals surface area contributed by atoms with E-state index in [4.69, 9.17) is 4.74 Å². The van der Waals surface area contributed by atoms with E-state index in [1.807, 2.05) is 20.1 Å². The van der Waals surface area contributed by atoms with Crippen molar-refractivity contribution in [3.8, 4) is 5.88 Å². The van der Waals surface area contributed by atoms with Gasteiger partial charge < -0.3 is 9.64 Å². The highest BCUT2D eigenvalue weighted by Crippen LogP contribution is 2.18. The van der Waals surface area contributed by atoms with Crippen molar-refractivity contribution in [3.63, 3.8) is 0 Å². The monoisotopic (exact) mass is 269 g/mol. The Bertz CT molecular complexity index is 436. The van der Waals surface area contributed by atoms with Crippen molar-refractivity contribution < 1.29 is 9.53 Å². The zero-order valence-electron chi connectivity index (χ0n) is 11.5. The fourth-order valence-corrected chi connectivity index (χ4v) is 1.62. The molecule has 5 nitrogen and oxygen atoms in total. The lowest BCUT2D eigenvalue weighted by atomic mass is 10.2. The average molecular weight is 269 g/mol. The first-order valence-corrected chi connectivity index (χ1v) is 7.07. The third-order valence-electron chi connectivity index (χ3n) is 2.47. The second-order valence-electron chi connectivity index (χ2n) is 4.16. The summed E-state index contributed by atoms with van der Waals surface area (Å²) >= 11 is 1.74. The molecule has 0 spiro atoms. The molecular formula is C12H19N3O2S. The van der Waals surface area contributed by atoms with Crippen molar-refractivity contribution in [2.45, 2.75) is 20.3 Å². The summed E-state index contributed by atoms with van der Waals surface area (Å²) in [6.45, 7) is 3.75. The predicted octanol–water partition coefficient (Wildman–Crippen LogP) is 2.06. The Labute approximate surface area is 112 Å². The van der Waals surface area contributed by atoms with Crippen LogP contribution in [0.4, 0.5) is 4.79 Å². The van der Waals surface area contributed by atoms with Crippen molar-refractivity contribution in [1.82, 2.24) is 14.9 Å². The summed E-state index contributed by atoms with van der Waals surface area (Å²) in [5, 5.41) is 0. The molecule has 0 N–H and O–H groups in total. The zero-order valence-corrected chi connectivity index (χ0v) is 12.3. The van der Waals surface area contributed by atoms with Crippen LogP contribution in [0, 0.1) is 13.8 Å². The van der Waals surface area contributed by atoms with Gasteiger partial charge in [0.1, 0.15) is 5.82 Å². The van der Waals surface area contributed by atoms with Crippen molar-refractivity contribution in [2.75, 3.05) is 26.1 Å². The number of hydrogen-bond acceptors (Lipinski definition) is 5. The van der Waals surface area contributed by atoms with Crippen LogP contribution in [0.3, 0.4) is 0 Å². The minimum atomic E-state index is -0.424. The van der Waals surface area contributed by atoms with Gasteiger partial charge in [-0.25, -0.2) is 9.78 Å². The maximum Gasteiger partial charge on any atom is 0.416 e. The highest BCUT2D eigenvalue weighted by Gasteiger charge is 2.14. The van der Waals surface area contributed by atoms with Crippen LogP contribution in [0.15, 0.2) is 0 Å². The van der Waals surface area contributed by atoms with E-state index in [1.165, 1.54) is 4.90 Å². The molecule has 0 bridgehead atoms. The second kappa shape index (κ2) is 6.58. The maximum atomic E-state index is 11.5. The minimum Gasteiger partial charge on any atom is -0.391 e. The summed E-state index contributed by atoms with van der Waals surface area (Å²) < 4.78 is 5.24. The van der Waals surface area contributed by atoms with E-state index in [0.717, 1.165) is 23.4 Å². The largest absolute Gasteiger partial charge is 0.416 e. The van der Waals surface area contributed by atoms with E-state index in [9.17, 15) is 4.79 Å².